The summed E-state index contributed by atoms with van der Waals surface area (Å²) < 4.78 is 0.847. The second-order valence-electron chi connectivity index (χ2n) is 5.52. The molecule has 1 fully saturated rings. The topological polar surface area (TPSA) is 29.0 Å². The van der Waals surface area contributed by atoms with Crippen molar-refractivity contribution in [2.75, 3.05) is 11.9 Å². The minimum atomic E-state index is 0.192. The van der Waals surface area contributed by atoms with Gasteiger partial charge in [-0.3, -0.25) is 0 Å². The molecule has 1 aliphatic rings. The summed E-state index contributed by atoms with van der Waals surface area (Å²) in [5.41, 5.74) is 1.17. The highest BCUT2D eigenvalue weighted by molar-refractivity contribution is 9.10. The zero-order valence-electron chi connectivity index (χ0n) is 12.1. The Kier molecular flexibility index (Phi) is 4.18. The first-order chi connectivity index (χ1) is 10.0. The fourth-order valence-corrected chi connectivity index (χ4v) is 2.90. The Balaban J connectivity index is 1.88. The van der Waals surface area contributed by atoms with E-state index in [0.717, 1.165) is 21.3 Å². The van der Waals surface area contributed by atoms with Crippen LogP contribution in [0.4, 0.5) is 5.82 Å². The molecule has 5 heteroatoms. The van der Waals surface area contributed by atoms with E-state index in [0.29, 0.717) is 5.92 Å². The van der Waals surface area contributed by atoms with Crippen LogP contribution >= 0.6 is 27.5 Å². The molecule has 0 amide bonds. The quantitative estimate of drug-likeness (QED) is 0.716. The average Bonchev–Trinajstić information content (AvgIpc) is 3.29. The molecule has 0 N–H and O–H groups in total. The van der Waals surface area contributed by atoms with E-state index in [4.69, 9.17) is 16.6 Å². The first-order valence-corrected chi connectivity index (χ1v) is 8.24. The largest absolute Gasteiger partial charge is 0.353 e. The number of aromatic nitrogens is 2. The summed E-state index contributed by atoms with van der Waals surface area (Å²) in [5, 5.41) is 0.760. The highest BCUT2D eigenvalue weighted by Crippen LogP contribution is 2.39. The molecule has 0 spiro atoms. The van der Waals surface area contributed by atoms with E-state index in [1.807, 2.05) is 24.3 Å². The van der Waals surface area contributed by atoms with Crippen molar-refractivity contribution in [2.45, 2.75) is 31.7 Å². The van der Waals surface area contributed by atoms with Gasteiger partial charge in [0, 0.05) is 24.1 Å². The lowest BCUT2D eigenvalue weighted by Crippen LogP contribution is -2.23. The van der Waals surface area contributed by atoms with E-state index >= 15 is 0 Å². The molecule has 0 aliphatic heterocycles. The summed E-state index contributed by atoms with van der Waals surface area (Å²) in [6.07, 6.45) is 2.40. The second-order valence-corrected chi connectivity index (χ2v) is 6.77. The first-order valence-electron chi connectivity index (χ1n) is 7.07. The third-order valence-electron chi connectivity index (χ3n) is 3.91. The molecule has 110 valence electrons. The van der Waals surface area contributed by atoms with Crippen LogP contribution in [-0.2, 0) is 0 Å². The summed E-state index contributed by atoms with van der Waals surface area (Å²) in [4.78, 5) is 11.4. The molecule has 1 unspecified atom stereocenters. The standard InChI is InChI=1S/C16H17BrClN3/c1-10(12-4-3-5-13(18)8-12)21(2)15-9-14(17)19-16(20-15)11-6-7-11/h3-5,8-11H,6-7H2,1-2H3. The van der Waals surface area contributed by atoms with Gasteiger partial charge in [-0.15, -0.1) is 0 Å². The highest BCUT2D eigenvalue weighted by atomic mass is 79.9. The summed E-state index contributed by atoms with van der Waals surface area (Å²) in [5.74, 6) is 2.42. The van der Waals surface area contributed by atoms with Crippen LogP contribution < -0.4 is 4.90 Å². The molecule has 1 aromatic heterocycles. The van der Waals surface area contributed by atoms with Gasteiger partial charge in [-0.05, 0) is 53.4 Å². The van der Waals surface area contributed by atoms with Crippen molar-refractivity contribution in [1.29, 1.82) is 0 Å². The highest BCUT2D eigenvalue weighted by Gasteiger charge is 2.28. The SMILES string of the molecule is CC(c1cccc(Cl)c1)N(C)c1cc(Br)nc(C2CC2)n1. The van der Waals surface area contributed by atoms with Gasteiger partial charge in [0.2, 0.25) is 0 Å². The van der Waals surface area contributed by atoms with E-state index in [-0.39, 0.29) is 6.04 Å². The number of benzene rings is 1. The van der Waals surface area contributed by atoms with Gasteiger partial charge in [0.15, 0.2) is 0 Å². The zero-order valence-corrected chi connectivity index (χ0v) is 14.4. The molecular weight excluding hydrogens is 350 g/mol. The van der Waals surface area contributed by atoms with Crippen molar-refractivity contribution in [3.63, 3.8) is 0 Å². The van der Waals surface area contributed by atoms with Crippen LogP contribution in [-0.4, -0.2) is 17.0 Å². The number of rotatable bonds is 4. The Hall–Kier alpha value is -1.13. The van der Waals surface area contributed by atoms with Crippen molar-refractivity contribution < 1.29 is 0 Å². The van der Waals surface area contributed by atoms with Crippen molar-refractivity contribution in [1.82, 2.24) is 9.97 Å². The Bertz CT molecular complexity index is 658. The fraction of sp³-hybridized carbons (Fsp3) is 0.375. The molecule has 0 radical (unpaired) electrons. The third kappa shape index (κ3) is 3.38. The van der Waals surface area contributed by atoms with E-state index in [1.165, 1.54) is 18.4 Å². The van der Waals surface area contributed by atoms with Gasteiger partial charge in [0.1, 0.15) is 16.2 Å². The molecule has 1 aromatic carbocycles. The molecule has 1 saturated carbocycles. The molecule has 1 aliphatic carbocycles. The van der Waals surface area contributed by atoms with Crippen LogP contribution in [0.1, 0.15) is 43.1 Å². The van der Waals surface area contributed by atoms with E-state index in [9.17, 15) is 0 Å². The fourth-order valence-electron chi connectivity index (χ4n) is 2.32. The van der Waals surface area contributed by atoms with E-state index in [2.05, 4.69) is 45.9 Å². The lowest BCUT2D eigenvalue weighted by atomic mass is 10.1. The smallest absolute Gasteiger partial charge is 0.135 e. The van der Waals surface area contributed by atoms with Crippen molar-refractivity contribution in [3.05, 3.63) is 51.3 Å². The minimum absolute atomic E-state index is 0.192. The molecule has 2 aromatic rings. The predicted octanol–water partition coefficient (Wildman–Crippen LogP) is 4.97. The molecule has 1 atom stereocenters. The summed E-state index contributed by atoms with van der Waals surface area (Å²) in [6, 6.07) is 10.1. The van der Waals surface area contributed by atoms with Gasteiger partial charge >= 0.3 is 0 Å². The Morgan fingerprint density at radius 3 is 2.71 bits per heavy atom. The number of hydrogen-bond acceptors (Lipinski definition) is 3. The van der Waals surface area contributed by atoms with Crippen LogP contribution in [0, 0.1) is 0 Å². The minimum Gasteiger partial charge on any atom is -0.353 e. The summed E-state index contributed by atoms with van der Waals surface area (Å²) >= 11 is 9.58. The lowest BCUT2D eigenvalue weighted by molar-refractivity contribution is 0.720. The molecular formula is C16H17BrClN3. The molecule has 1 heterocycles. The summed E-state index contributed by atoms with van der Waals surface area (Å²) in [7, 11) is 2.05. The second kappa shape index (κ2) is 5.93. The monoisotopic (exact) mass is 365 g/mol. The van der Waals surface area contributed by atoms with E-state index in [1.54, 1.807) is 0 Å². The van der Waals surface area contributed by atoms with Crippen LogP contribution in [0.2, 0.25) is 5.02 Å². The molecule has 0 bridgehead atoms. The predicted molar refractivity (Wildman–Crippen MR) is 90.0 cm³/mol. The van der Waals surface area contributed by atoms with Gasteiger partial charge in [0.25, 0.3) is 0 Å². The summed E-state index contributed by atoms with van der Waals surface area (Å²) in [6.45, 7) is 2.15. The maximum Gasteiger partial charge on any atom is 0.135 e. The molecule has 0 saturated heterocycles. The van der Waals surface area contributed by atoms with Gasteiger partial charge in [-0.1, -0.05) is 23.7 Å². The Morgan fingerprint density at radius 1 is 1.29 bits per heavy atom. The van der Waals surface area contributed by atoms with Crippen molar-refractivity contribution >= 4 is 33.3 Å². The van der Waals surface area contributed by atoms with Crippen LogP contribution in [0.15, 0.2) is 34.9 Å². The maximum absolute atomic E-state index is 6.09. The number of nitrogens with zero attached hydrogens (tertiary/aromatic N) is 3. The van der Waals surface area contributed by atoms with Gasteiger partial charge in [-0.2, -0.15) is 0 Å². The van der Waals surface area contributed by atoms with Gasteiger partial charge in [-0.25, -0.2) is 9.97 Å². The number of hydrogen-bond donors (Lipinski definition) is 0. The van der Waals surface area contributed by atoms with Crippen molar-refractivity contribution in [2.24, 2.45) is 0 Å². The molecule has 3 nitrogen and oxygen atoms in total. The van der Waals surface area contributed by atoms with E-state index < -0.39 is 0 Å². The lowest BCUT2D eigenvalue weighted by Gasteiger charge is -2.27. The van der Waals surface area contributed by atoms with Crippen molar-refractivity contribution in [3.8, 4) is 0 Å². The normalized spacial score (nSPS) is 15.8. The van der Waals surface area contributed by atoms with Gasteiger partial charge < -0.3 is 4.90 Å². The average molecular weight is 367 g/mol. The van der Waals surface area contributed by atoms with Crippen LogP contribution in [0.25, 0.3) is 0 Å². The number of halogens is 2. The number of anilines is 1. The Labute approximate surface area is 138 Å². The molecule has 3 rings (SSSR count). The van der Waals surface area contributed by atoms with Gasteiger partial charge in [0.05, 0.1) is 6.04 Å². The van der Waals surface area contributed by atoms with Crippen LogP contribution in [0.5, 0.6) is 0 Å². The maximum atomic E-state index is 6.09. The zero-order chi connectivity index (χ0) is 15.0. The first kappa shape index (κ1) is 14.8. The van der Waals surface area contributed by atoms with Crippen LogP contribution in [0.3, 0.4) is 0 Å². The Morgan fingerprint density at radius 2 is 2.05 bits per heavy atom. The third-order valence-corrected chi connectivity index (χ3v) is 4.56. The molecule has 21 heavy (non-hydrogen) atoms.